The number of H-pyrrole nitrogens is 1. The van der Waals surface area contributed by atoms with Crippen LogP contribution in [-0.2, 0) is 16.4 Å². The smallest absolute Gasteiger partial charge is 0.330 e. The maximum Gasteiger partial charge on any atom is 0.330 e. The lowest BCUT2D eigenvalue weighted by atomic mass is 10.2. The number of nitrogens with zero attached hydrogens (tertiary/aromatic N) is 2. The van der Waals surface area contributed by atoms with E-state index in [1.807, 2.05) is 6.92 Å². The Bertz CT molecular complexity index is 1140. The minimum Gasteiger partial charge on any atom is -0.383 e. The van der Waals surface area contributed by atoms with Crippen molar-refractivity contribution in [1.82, 2.24) is 9.55 Å². The normalized spacial score (nSPS) is 11.4. The molecule has 0 atom stereocenters. The Morgan fingerprint density at radius 1 is 1.32 bits per heavy atom. The molecule has 2 aromatic rings. The van der Waals surface area contributed by atoms with Crippen LogP contribution < -0.4 is 21.9 Å². The molecule has 1 aromatic carbocycles. The number of benzene rings is 1. The molecule has 0 fully saturated rings. The predicted molar refractivity (Wildman–Crippen MR) is 108 cm³/mol. The van der Waals surface area contributed by atoms with Crippen LogP contribution in [0.2, 0.25) is 5.02 Å². The first kappa shape index (κ1) is 21.7. The van der Waals surface area contributed by atoms with Crippen molar-refractivity contribution < 1.29 is 13.2 Å². The van der Waals surface area contributed by atoms with Crippen molar-refractivity contribution in [2.24, 2.45) is 0 Å². The molecule has 1 amide bonds. The lowest BCUT2D eigenvalue weighted by molar-refractivity contribution is 0.0992. The van der Waals surface area contributed by atoms with Crippen molar-refractivity contribution in [3.05, 3.63) is 49.6 Å². The molecule has 0 bridgehead atoms. The van der Waals surface area contributed by atoms with Gasteiger partial charge in [-0.2, -0.15) is 0 Å². The number of nitrogens with one attached hydrogen (secondary N) is 1. The van der Waals surface area contributed by atoms with Gasteiger partial charge in [0, 0.05) is 25.4 Å². The Morgan fingerprint density at radius 3 is 2.54 bits per heavy atom. The van der Waals surface area contributed by atoms with Gasteiger partial charge in [-0.3, -0.25) is 19.1 Å². The summed E-state index contributed by atoms with van der Waals surface area (Å²) in [5.74, 6) is -0.824. The minimum atomic E-state index is -3.66. The molecule has 1 aromatic heterocycles. The maximum absolute atomic E-state index is 12.8. The van der Waals surface area contributed by atoms with Gasteiger partial charge in [0.2, 0.25) is 0 Å². The zero-order chi connectivity index (χ0) is 21.2. The molecule has 0 aliphatic heterocycles. The third kappa shape index (κ3) is 4.28. The topological polar surface area (TPSA) is 135 Å². The van der Waals surface area contributed by atoms with Gasteiger partial charge in [0.1, 0.15) is 5.82 Å². The number of amides is 1. The Balaban J connectivity index is 2.55. The second-order valence-corrected chi connectivity index (χ2v) is 8.67. The standard InChI is InChI=1S/C17H21ClN4O5S/c1-4-5-8-22-14(19)13(15(23)20-17(22)25)21(2)16(24)10-6-7-11(18)12(9-10)28(3,26)27/h6-7,9H,4-5,8,19H2,1-3H3,(H,20,23,25). The van der Waals surface area contributed by atoms with E-state index >= 15 is 0 Å². The molecule has 0 spiro atoms. The van der Waals surface area contributed by atoms with Gasteiger partial charge in [0.05, 0.1) is 9.92 Å². The zero-order valence-electron chi connectivity index (χ0n) is 15.7. The molecule has 28 heavy (non-hydrogen) atoms. The Labute approximate surface area is 166 Å². The molecule has 0 radical (unpaired) electrons. The fourth-order valence-corrected chi connectivity index (χ4v) is 3.96. The number of hydrogen-bond donors (Lipinski definition) is 2. The number of carbonyl (C=O) groups is 1. The molecule has 0 unspecified atom stereocenters. The number of anilines is 2. The summed E-state index contributed by atoms with van der Waals surface area (Å²) in [6.07, 6.45) is 2.43. The van der Waals surface area contributed by atoms with Crippen molar-refractivity contribution in [2.45, 2.75) is 31.2 Å². The minimum absolute atomic E-state index is 0.00238. The number of rotatable bonds is 6. The van der Waals surface area contributed by atoms with Crippen molar-refractivity contribution in [1.29, 1.82) is 0 Å². The van der Waals surface area contributed by atoms with E-state index in [2.05, 4.69) is 4.98 Å². The molecule has 3 N–H and O–H groups in total. The molecule has 0 saturated carbocycles. The van der Waals surface area contributed by atoms with E-state index in [0.29, 0.717) is 6.42 Å². The summed E-state index contributed by atoms with van der Waals surface area (Å²) in [6.45, 7) is 2.22. The van der Waals surface area contributed by atoms with Crippen LogP contribution in [0.1, 0.15) is 30.1 Å². The number of hydrogen-bond acceptors (Lipinski definition) is 6. The zero-order valence-corrected chi connectivity index (χ0v) is 17.2. The second-order valence-electron chi connectivity index (χ2n) is 6.28. The van der Waals surface area contributed by atoms with Crippen LogP contribution in [0.3, 0.4) is 0 Å². The highest BCUT2D eigenvalue weighted by molar-refractivity contribution is 7.90. The van der Waals surface area contributed by atoms with Crippen LogP contribution in [0.4, 0.5) is 11.5 Å². The Hall–Kier alpha value is -2.59. The summed E-state index contributed by atoms with van der Waals surface area (Å²) < 4.78 is 24.9. The summed E-state index contributed by atoms with van der Waals surface area (Å²) in [5, 5.41) is -0.0211. The summed E-state index contributed by atoms with van der Waals surface area (Å²) in [7, 11) is -2.35. The number of aromatic nitrogens is 2. The Morgan fingerprint density at radius 2 is 1.96 bits per heavy atom. The SMILES string of the molecule is CCCCn1c(N)c(N(C)C(=O)c2ccc(Cl)c(S(C)(=O)=O)c2)c(=O)[nH]c1=O. The molecule has 9 nitrogen and oxygen atoms in total. The van der Waals surface area contributed by atoms with Crippen LogP contribution in [0, 0.1) is 0 Å². The number of carbonyl (C=O) groups excluding carboxylic acids is 1. The lowest BCUT2D eigenvalue weighted by Gasteiger charge is -2.20. The number of halogens is 1. The van der Waals surface area contributed by atoms with Gasteiger partial charge in [0.25, 0.3) is 11.5 Å². The van der Waals surface area contributed by atoms with Crippen LogP contribution in [0.25, 0.3) is 0 Å². The highest BCUT2D eigenvalue weighted by atomic mass is 35.5. The first-order valence-electron chi connectivity index (χ1n) is 8.39. The van der Waals surface area contributed by atoms with Gasteiger partial charge in [-0.15, -0.1) is 0 Å². The molecule has 0 aliphatic carbocycles. The number of sulfone groups is 1. The van der Waals surface area contributed by atoms with E-state index in [0.717, 1.165) is 23.6 Å². The summed E-state index contributed by atoms with van der Waals surface area (Å²) >= 11 is 5.90. The van der Waals surface area contributed by atoms with Gasteiger partial charge < -0.3 is 10.6 Å². The van der Waals surface area contributed by atoms with Gasteiger partial charge in [-0.05, 0) is 24.6 Å². The largest absolute Gasteiger partial charge is 0.383 e. The third-order valence-corrected chi connectivity index (χ3v) is 5.75. The maximum atomic E-state index is 12.8. The second kappa shape index (κ2) is 8.19. The highest BCUT2D eigenvalue weighted by Gasteiger charge is 2.23. The molecular weight excluding hydrogens is 408 g/mol. The monoisotopic (exact) mass is 428 g/mol. The number of nitrogen functional groups attached to an aromatic ring is 1. The van der Waals surface area contributed by atoms with E-state index in [1.54, 1.807) is 0 Å². The first-order valence-corrected chi connectivity index (χ1v) is 10.7. The van der Waals surface area contributed by atoms with E-state index in [4.69, 9.17) is 17.3 Å². The number of aromatic amines is 1. The molecule has 11 heteroatoms. The summed E-state index contributed by atoms with van der Waals surface area (Å²) in [5.41, 5.74) is 4.32. The average Bonchev–Trinajstić information content (AvgIpc) is 2.60. The fourth-order valence-electron chi connectivity index (χ4n) is 2.66. The van der Waals surface area contributed by atoms with Crippen molar-refractivity contribution in [3.8, 4) is 0 Å². The molecule has 2 rings (SSSR count). The highest BCUT2D eigenvalue weighted by Crippen LogP contribution is 2.24. The average molecular weight is 429 g/mol. The quantitative estimate of drug-likeness (QED) is 0.710. The van der Waals surface area contributed by atoms with Crippen LogP contribution >= 0.6 is 11.6 Å². The van der Waals surface area contributed by atoms with Crippen LogP contribution in [0.15, 0.2) is 32.7 Å². The molecule has 0 aliphatic rings. The first-order chi connectivity index (χ1) is 13.0. The summed E-state index contributed by atoms with van der Waals surface area (Å²) in [6, 6.07) is 3.76. The molecule has 1 heterocycles. The van der Waals surface area contributed by atoms with Gasteiger partial charge in [-0.1, -0.05) is 24.9 Å². The molecule has 0 saturated heterocycles. The van der Waals surface area contributed by atoms with E-state index < -0.39 is 27.0 Å². The van der Waals surface area contributed by atoms with E-state index in [-0.39, 0.29) is 33.5 Å². The Kier molecular flexibility index (Phi) is 6.35. The van der Waals surface area contributed by atoms with Crippen LogP contribution in [0.5, 0.6) is 0 Å². The molecular formula is C17H21ClN4O5S. The third-order valence-electron chi connectivity index (χ3n) is 4.17. The lowest BCUT2D eigenvalue weighted by Crippen LogP contribution is -2.39. The number of unbranched alkanes of at least 4 members (excludes halogenated alkanes) is 1. The predicted octanol–water partition coefficient (Wildman–Crippen LogP) is 1.25. The van der Waals surface area contributed by atoms with Crippen LogP contribution in [-0.4, -0.2) is 37.2 Å². The van der Waals surface area contributed by atoms with E-state index in [9.17, 15) is 22.8 Å². The van der Waals surface area contributed by atoms with E-state index in [1.165, 1.54) is 23.7 Å². The van der Waals surface area contributed by atoms with Gasteiger partial charge in [-0.25, -0.2) is 13.2 Å². The van der Waals surface area contributed by atoms with Crippen molar-refractivity contribution >= 4 is 38.9 Å². The molecule has 152 valence electrons. The number of nitrogens with two attached hydrogens (primary N) is 1. The van der Waals surface area contributed by atoms with Gasteiger partial charge in [0.15, 0.2) is 15.5 Å². The van der Waals surface area contributed by atoms with Crippen molar-refractivity contribution in [2.75, 3.05) is 23.9 Å². The summed E-state index contributed by atoms with van der Waals surface area (Å²) in [4.78, 5) is 40.1. The fraction of sp³-hybridized carbons (Fsp3) is 0.353. The van der Waals surface area contributed by atoms with Crippen molar-refractivity contribution in [3.63, 3.8) is 0 Å². The van der Waals surface area contributed by atoms with Gasteiger partial charge >= 0.3 is 5.69 Å².